The van der Waals surface area contributed by atoms with Crippen molar-refractivity contribution in [1.29, 1.82) is 0 Å². The van der Waals surface area contributed by atoms with E-state index in [1.54, 1.807) is 24.3 Å². The Labute approximate surface area is 201 Å². The first-order valence-electron chi connectivity index (χ1n) is 9.71. The zero-order chi connectivity index (χ0) is 24.7. The average molecular weight is 503 g/mol. The molecule has 0 aliphatic carbocycles. The number of aromatic amines is 1. The Morgan fingerprint density at radius 1 is 1.24 bits per heavy atom. The summed E-state index contributed by atoms with van der Waals surface area (Å²) in [6, 6.07) is 7.47. The Bertz CT molecular complexity index is 1400. The molecule has 0 radical (unpaired) electrons. The van der Waals surface area contributed by atoms with E-state index in [1.165, 1.54) is 12.1 Å². The number of carbonyl (C=O) groups is 4. The summed E-state index contributed by atoms with van der Waals surface area (Å²) < 4.78 is 0. The van der Waals surface area contributed by atoms with Crippen LogP contribution in [0.5, 0.6) is 0 Å². The summed E-state index contributed by atoms with van der Waals surface area (Å²) in [6.07, 6.45) is -0.168. The largest absolute Gasteiger partial charge is 0.477 e. The van der Waals surface area contributed by atoms with Gasteiger partial charge in [-0.1, -0.05) is 48.0 Å². The number of para-hydroxylation sites is 1. The van der Waals surface area contributed by atoms with Crippen LogP contribution in [0.25, 0.3) is 16.5 Å². The second-order valence-electron chi connectivity index (χ2n) is 7.36. The van der Waals surface area contributed by atoms with E-state index in [2.05, 4.69) is 16.9 Å². The van der Waals surface area contributed by atoms with Gasteiger partial charge in [-0.2, -0.15) is 0 Å². The minimum absolute atomic E-state index is 0.00251. The third kappa shape index (κ3) is 4.04. The summed E-state index contributed by atoms with van der Waals surface area (Å²) in [7, 11) is 0. The van der Waals surface area contributed by atoms with Crippen molar-refractivity contribution in [3.63, 3.8) is 0 Å². The molecule has 1 aliphatic rings. The van der Waals surface area contributed by atoms with Crippen LogP contribution in [-0.4, -0.2) is 39.0 Å². The van der Waals surface area contributed by atoms with Crippen LogP contribution in [0.4, 0.5) is 10.5 Å². The number of nitrogens with one attached hydrogen (secondary N) is 2. The number of hydrogen-bond acceptors (Lipinski definition) is 5. The van der Waals surface area contributed by atoms with E-state index in [4.69, 9.17) is 33.8 Å². The maximum Gasteiger partial charge on any atom is 0.352 e. The number of carboxylic acids is 1. The number of fused-ring (bicyclic) bond motifs is 1. The molecular weight excluding hydrogens is 487 g/mol. The molecular formula is C22H16Cl2N4O6. The van der Waals surface area contributed by atoms with E-state index >= 15 is 0 Å². The highest BCUT2D eigenvalue weighted by Gasteiger charge is 2.38. The molecule has 5 N–H and O–H groups in total. The highest BCUT2D eigenvalue weighted by atomic mass is 35.5. The number of benzene rings is 2. The molecule has 1 atom stereocenters. The Balaban J connectivity index is 1.72. The molecule has 10 nitrogen and oxygen atoms in total. The molecule has 1 fully saturated rings. The third-order valence-corrected chi connectivity index (χ3v) is 5.75. The number of carboxylic acid groups (broad SMARTS) is 1. The number of hydrogen-bond donors (Lipinski definition) is 4. The maximum atomic E-state index is 13.2. The van der Waals surface area contributed by atoms with Crippen molar-refractivity contribution in [2.45, 2.75) is 12.5 Å². The molecule has 1 saturated heterocycles. The Morgan fingerprint density at radius 3 is 2.62 bits per heavy atom. The Kier molecular flexibility index (Phi) is 5.94. The van der Waals surface area contributed by atoms with Gasteiger partial charge in [0.15, 0.2) is 0 Å². The van der Waals surface area contributed by atoms with Crippen LogP contribution in [-0.2, 0) is 14.4 Å². The summed E-state index contributed by atoms with van der Waals surface area (Å²) in [6.45, 7) is 3.78. The first-order valence-corrected chi connectivity index (χ1v) is 10.5. The van der Waals surface area contributed by atoms with E-state index in [1.807, 2.05) is 0 Å². The van der Waals surface area contributed by atoms with Gasteiger partial charge in [0.05, 0.1) is 11.4 Å². The van der Waals surface area contributed by atoms with Crippen LogP contribution in [0.2, 0.25) is 10.0 Å². The van der Waals surface area contributed by atoms with Crippen LogP contribution in [0.3, 0.4) is 0 Å². The summed E-state index contributed by atoms with van der Waals surface area (Å²) in [5, 5.41) is 13.7. The van der Waals surface area contributed by atoms with E-state index < -0.39 is 29.9 Å². The molecule has 3 aromatic rings. The number of aromatic carboxylic acids is 1. The molecule has 12 heteroatoms. The Morgan fingerprint density at radius 2 is 1.94 bits per heavy atom. The monoisotopic (exact) mass is 502 g/mol. The highest BCUT2D eigenvalue weighted by Crippen LogP contribution is 2.38. The number of rotatable bonds is 5. The molecule has 1 aliphatic heterocycles. The van der Waals surface area contributed by atoms with Gasteiger partial charge in [0.1, 0.15) is 11.7 Å². The average Bonchev–Trinajstić information content (AvgIpc) is 3.34. The number of carbonyl (C=O) groups excluding carboxylic acids is 3. The first-order chi connectivity index (χ1) is 16.1. The van der Waals surface area contributed by atoms with E-state index in [-0.39, 0.29) is 44.4 Å². The number of hydroxylamine groups is 2. The summed E-state index contributed by atoms with van der Waals surface area (Å²) in [5.41, 5.74) is 5.77. The maximum absolute atomic E-state index is 13.2. The van der Waals surface area contributed by atoms with Crippen LogP contribution in [0.15, 0.2) is 43.0 Å². The third-order valence-electron chi connectivity index (χ3n) is 5.23. The van der Waals surface area contributed by atoms with Crippen molar-refractivity contribution in [3.05, 3.63) is 69.8 Å². The van der Waals surface area contributed by atoms with Gasteiger partial charge in [0, 0.05) is 38.3 Å². The number of H-pyrrole nitrogens is 1. The summed E-state index contributed by atoms with van der Waals surface area (Å²) in [4.78, 5) is 56.1. The van der Waals surface area contributed by atoms with Gasteiger partial charge in [0.25, 0.3) is 5.91 Å². The van der Waals surface area contributed by atoms with Crippen molar-refractivity contribution >= 4 is 69.2 Å². The smallest absolute Gasteiger partial charge is 0.352 e. The second-order valence-corrected chi connectivity index (χ2v) is 8.20. The molecule has 0 bridgehead atoms. The molecule has 34 heavy (non-hydrogen) atoms. The predicted molar refractivity (Wildman–Crippen MR) is 124 cm³/mol. The van der Waals surface area contributed by atoms with Gasteiger partial charge < -0.3 is 26.0 Å². The minimum Gasteiger partial charge on any atom is -0.477 e. The molecule has 174 valence electrons. The van der Waals surface area contributed by atoms with Gasteiger partial charge in [-0.15, -0.1) is 5.06 Å². The van der Waals surface area contributed by atoms with Gasteiger partial charge in [-0.3, -0.25) is 4.79 Å². The van der Waals surface area contributed by atoms with E-state index in [0.717, 1.165) is 5.06 Å². The number of nitrogens with zero attached hydrogens (tertiary/aromatic N) is 1. The van der Waals surface area contributed by atoms with Gasteiger partial charge in [0.2, 0.25) is 0 Å². The lowest BCUT2D eigenvalue weighted by molar-refractivity contribution is -0.162. The van der Waals surface area contributed by atoms with Crippen molar-refractivity contribution in [3.8, 4) is 0 Å². The summed E-state index contributed by atoms with van der Waals surface area (Å²) in [5.74, 6) is -2.73. The quantitative estimate of drug-likeness (QED) is 0.384. The lowest BCUT2D eigenvalue weighted by Crippen LogP contribution is -2.34. The fourth-order valence-electron chi connectivity index (χ4n) is 3.81. The molecule has 0 spiro atoms. The van der Waals surface area contributed by atoms with Crippen LogP contribution in [0, 0.1) is 0 Å². The van der Waals surface area contributed by atoms with E-state index in [9.17, 15) is 24.3 Å². The van der Waals surface area contributed by atoms with Gasteiger partial charge in [-0.25, -0.2) is 14.4 Å². The zero-order valence-electron chi connectivity index (χ0n) is 17.2. The number of primary amides is 1. The molecule has 3 amide bonds. The number of aromatic nitrogens is 1. The van der Waals surface area contributed by atoms with E-state index in [0.29, 0.717) is 11.1 Å². The van der Waals surface area contributed by atoms with Crippen molar-refractivity contribution in [2.24, 2.45) is 5.73 Å². The molecule has 2 heterocycles. The zero-order valence-corrected chi connectivity index (χ0v) is 18.7. The number of halogens is 2. The second kappa shape index (κ2) is 8.73. The van der Waals surface area contributed by atoms with Crippen LogP contribution < -0.4 is 11.1 Å². The normalized spacial score (nSPS) is 15.3. The number of anilines is 1. The van der Waals surface area contributed by atoms with Crippen molar-refractivity contribution < 1.29 is 29.1 Å². The van der Waals surface area contributed by atoms with Crippen LogP contribution >= 0.6 is 23.2 Å². The number of nitrogens with two attached hydrogens (primary N) is 1. The molecule has 2 aromatic carbocycles. The lowest BCUT2D eigenvalue weighted by Gasteiger charge is -2.21. The SMILES string of the molecule is C=C(C(=O)Nc1ccccc1C1CC(=O)ON1C(N)=O)c1c(C(=O)O)[nH]c2cc(Cl)cc(Cl)c12. The standard InChI is InChI=1S/C22H16Cl2N4O6/c1-9(17-18-12(24)6-10(23)7-14(18)26-19(17)21(31)32)20(30)27-13-5-3-2-4-11(13)15-8-16(29)34-28(15)22(25)33/h2-7,15,26H,1,8H2,(H2,25,33)(H,27,30)(H,31,32). The molecule has 4 rings (SSSR count). The van der Waals surface area contributed by atoms with Gasteiger partial charge >= 0.3 is 18.0 Å². The van der Waals surface area contributed by atoms with Gasteiger partial charge in [-0.05, 0) is 18.2 Å². The number of amides is 3. The molecule has 1 unspecified atom stereocenters. The van der Waals surface area contributed by atoms with Crippen molar-refractivity contribution in [1.82, 2.24) is 10.0 Å². The van der Waals surface area contributed by atoms with Crippen molar-refractivity contribution in [2.75, 3.05) is 5.32 Å². The molecule has 0 saturated carbocycles. The molecule has 1 aromatic heterocycles. The topological polar surface area (TPSA) is 155 Å². The fraction of sp³-hybridized carbons (Fsp3) is 0.0909. The lowest BCUT2D eigenvalue weighted by atomic mass is 10.00. The Hall–Kier alpha value is -4.02. The fourth-order valence-corrected chi connectivity index (χ4v) is 4.40. The minimum atomic E-state index is -1.33. The highest BCUT2D eigenvalue weighted by molar-refractivity contribution is 6.40. The summed E-state index contributed by atoms with van der Waals surface area (Å²) >= 11 is 12.3. The number of urea groups is 1. The first kappa shape index (κ1) is 23.1. The van der Waals surface area contributed by atoms with Crippen LogP contribution in [0.1, 0.15) is 34.1 Å². The predicted octanol–water partition coefficient (Wildman–Crippen LogP) is 4.11.